The first-order valence-electron chi connectivity index (χ1n) is 9.70. The summed E-state index contributed by atoms with van der Waals surface area (Å²) >= 11 is 0. The second-order valence-corrected chi connectivity index (χ2v) is 6.88. The molecule has 0 aromatic heterocycles. The fourth-order valence-electron chi connectivity index (χ4n) is 3.03. The number of ether oxygens (including phenoxy) is 2. The van der Waals surface area contributed by atoms with Gasteiger partial charge >= 0.3 is 0 Å². The highest BCUT2D eigenvalue weighted by Crippen LogP contribution is 2.26. The molecule has 0 aliphatic carbocycles. The number of amides is 1. The van der Waals surface area contributed by atoms with Crippen LogP contribution in [0.25, 0.3) is 10.8 Å². The lowest BCUT2D eigenvalue weighted by molar-refractivity contribution is -0.128. The Bertz CT molecular complexity index is 946. The van der Waals surface area contributed by atoms with E-state index in [1.54, 1.807) is 0 Å². The number of carbonyl (C=O) groups excluding carboxylic acids is 1. The number of nitrogens with one attached hydrogen (secondary N) is 1. The summed E-state index contributed by atoms with van der Waals surface area (Å²) in [5, 5.41) is 5.01. The summed E-state index contributed by atoms with van der Waals surface area (Å²) in [6.07, 6.45) is 0.0556. The molecule has 0 bridgehead atoms. The minimum Gasteiger partial charge on any atom is -0.492 e. The van der Waals surface area contributed by atoms with Crippen LogP contribution in [0.5, 0.6) is 11.5 Å². The van der Waals surface area contributed by atoms with Crippen LogP contribution in [0.1, 0.15) is 24.5 Å². The van der Waals surface area contributed by atoms with Crippen LogP contribution in [0.3, 0.4) is 0 Å². The molecule has 28 heavy (non-hydrogen) atoms. The van der Waals surface area contributed by atoms with Crippen molar-refractivity contribution in [2.24, 2.45) is 0 Å². The summed E-state index contributed by atoms with van der Waals surface area (Å²) in [6.45, 7) is 6.92. The van der Waals surface area contributed by atoms with E-state index in [1.807, 2.05) is 67.6 Å². The van der Waals surface area contributed by atoms with E-state index in [4.69, 9.17) is 9.47 Å². The first-order chi connectivity index (χ1) is 13.6. The number of benzene rings is 3. The molecule has 0 aliphatic heterocycles. The predicted molar refractivity (Wildman–Crippen MR) is 113 cm³/mol. The van der Waals surface area contributed by atoms with Gasteiger partial charge in [0, 0.05) is 5.39 Å². The Kier molecular flexibility index (Phi) is 6.53. The van der Waals surface area contributed by atoms with Crippen molar-refractivity contribution in [1.29, 1.82) is 0 Å². The van der Waals surface area contributed by atoms with Crippen LogP contribution in [0.4, 0.5) is 0 Å². The molecule has 146 valence electrons. The maximum Gasteiger partial charge on any atom is 0.261 e. The van der Waals surface area contributed by atoms with Crippen LogP contribution < -0.4 is 14.8 Å². The van der Waals surface area contributed by atoms with Crippen molar-refractivity contribution in [1.82, 2.24) is 5.32 Å². The quantitative estimate of drug-likeness (QED) is 0.573. The number of hydrogen-bond acceptors (Lipinski definition) is 3. The zero-order chi connectivity index (χ0) is 19.9. The monoisotopic (exact) mass is 377 g/mol. The lowest BCUT2D eigenvalue weighted by atomic mass is 10.1. The van der Waals surface area contributed by atoms with E-state index in [0.717, 1.165) is 22.3 Å². The average molecular weight is 377 g/mol. The van der Waals surface area contributed by atoms with E-state index in [-0.39, 0.29) is 5.91 Å². The third-order valence-electron chi connectivity index (χ3n) is 4.83. The number of aryl methyl sites for hydroxylation is 2. The largest absolute Gasteiger partial charge is 0.492 e. The van der Waals surface area contributed by atoms with Crippen molar-refractivity contribution in [2.45, 2.75) is 33.3 Å². The Labute approximate surface area is 166 Å². The minimum absolute atomic E-state index is 0.126. The van der Waals surface area contributed by atoms with Gasteiger partial charge in [-0.2, -0.15) is 0 Å². The van der Waals surface area contributed by atoms with Gasteiger partial charge in [-0.3, -0.25) is 4.79 Å². The zero-order valence-corrected chi connectivity index (χ0v) is 16.7. The average Bonchev–Trinajstić information content (AvgIpc) is 2.71. The zero-order valence-electron chi connectivity index (χ0n) is 16.7. The van der Waals surface area contributed by atoms with Gasteiger partial charge in [-0.05, 0) is 55.0 Å². The molecular formula is C24H27NO3. The van der Waals surface area contributed by atoms with Crippen LogP contribution >= 0.6 is 0 Å². The van der Waals surface area contributed by atoms with Gasteiger partial charge in [0.1, 0.15) is 18.1 Å². The highest BCUT2D eigenvalue weighted by molar-refractivity contribution is 5.89. The number of rotatable bonds is 8. The molecule has 1 N–H and O–H groups in total. The summed E-state index contributed by atoms with van der Waals surface area (Å²) in [7, 11) is 0. The molecule has 3 aromatic carbocycles. The molecule has 0 radical (unpaired) electrons. The molecule has 4 nitrogen and oxygen atoms in total. The molecule has 0 aliphatic rings. The Balaban J connectivity index is 1.54. The van der Waals surface area contributed by atoms with Crippen LogP contribution in [0, 0.1) is 13.8 Å². The first kappa shape index (κ1) is 19.7. The van der Waals surface area contributed by atoms with E-state index >= 15 is 0 Å². The summed E-state index contributed by atoms with van der Waals surface area (Å²) in [5.41, 5.74) is 2.42. The molecule has 3 aromatic rings. The van der Waals surface area contributed by atoms with Crippen LogP contribution in [0.15, 0.2) is 60.7 Å². The Morgan fingerprint density at radius 1 is 1.00 bits per heavy atom. The highest BCUT2D eigenvalue weighted by atomic mass is 16.5. The highest BCUT2D eigenvalue weighted by Gasteiger charge is 2.18. The topological polar surface area (TPSA) is 47.6 Å². The minimum atomic E-state index is -0.535. The maximum atomic E-state index is 12.5. The molecule has 0 saturated heterocycles. The molecule has 0 saturated carbocycles. The lowest BCUT2D eigenvalue weighted by Crippen LogP contribution is -2.39. The van der Waals surface area contributed by atoms with E-state index in [9.17, 15) is 4.79 Å². The Morgan fingerprint density at radius 2 is 1.79 bits per heavy atom. The fraction of sp³-hybridized carbons (Fsp3) is 0.292. The van der Waals surface area contributed by atoms with Crippen molar-refractivity contribution in [2.75, 3.05) is 13.2 Å². The van der Waals surface area contributed by atoms with Gasteiger partial charge in [-0.1, -0.05) is 49.4 Å². The number of carbonyl (C=O) groups is 1. The van der Waals surface area contributed by atoms with Crippen molar-refractivity contribution in [3.63, 3.8) is 0 Å². The van der Waals surface area contributed by atoms with Crippen LogP contribution in [-0.2, 0) is 4.79 Å². The van der Waals surface area contributed by atoms with Crippen molar-refractivity contribution in [3.8, 4) is 11.5 Å². The Morgan fingerprint density at radius 3 is 2.57 bits per heavy atom. The lowest BCUT2D eigenvalue weighted by Gasteiger charge is -2.18. The normalized spacial score (nSPS) is 11.8. The van der Waals surface area contributed by atoms with Gasteiger partial charge < -0.3 is 14.8 Å². The fourth-order valence-corrected chi connectivity index (χ4v) is 3.03. The molecule has 0 spiro atoms. The molecule has 3 rings (SSSR count). The summed E-state index contributed by atoms with van der Waals surface area (Å²) < 4.78 is 11.8. The standard InChI is InChI=1S/C24H27NO3/c1-4-22(28-23-11-7-9-19-8-5-6-10-21(19)23)24(26)25-14-15-27-20-13-12-17(2)18(3)16-20/h5-13,16,22H,4,14-15H2,1-3H3,(H,25,26)/t22-/m0/s1. The second-order valence-electron chi connectivity index (χ2n) is 6.88. The van der Waals surface area contributed by atoms with E-state index in [2.05, 4.69) is 19.2 Å². The molecule has 0 unspecified atom stereocenters. The van der Waals surface area contributed by atoms with Gasteiger partial charge in [-0.15, -0.1) is 0 Å². The summed E-state index contributed by atoms with van der Waals surface area (Å²) in [5.74, 6) is 1.42. The SMILES string of the molecule is CC[C@H](Oc1cccc2ccccc12)C(=O)NCCOc1ccc(C)c(C)c1. The molecule has 4 heteroatoms. The van der Waals surface area contributed by atoms with Crippen molar-refractivity contribution >= 4 is 16.7 Å². The van der Waals surface area contributed by atoms with Gasteiger partial charge in [0.25, 0.3) is 5.91 Å². The van der Waals surface area contributed by atoms with E-state index in [1.165, 1.54) is 11.1 Å². The maximum absolute atomic E-state index is 12.5. The third kappa shape index (κ3) is 4.83. The van der Waals surface area contributed by atoms with Gasteiger partial charge in [0.15, 0.2) is 6.10 Å². The number of fused-ring (bicyclic) bond motifs is 1. The van der Waals surface area contributed by atoms with Gasteiger partial charge in [-0.25, -0.2) is 0 Å². The smallest absolute Gasteiger partial charge is 0.261 e. The summed E-state index contributed by atoms with van der Waals surface area (Å²) in [6, 6.07) is 19.9. The van der Waals surface area contributed by atoms with Gasteiger partial charge in [0.2, 0.25) is 0 Å². The van der Waals surface area contributed by atoms with Crippen molar-refractivity contribution in [3.05, 3.63) is 71.8 Å². The predicted octanol–water partition coefficient (Wildman–Crippen LogP) is 4.81. The van der Waals surface area contributed by atoms with Gasteiger partial charge in [0.05, 0.1) is 6.54 Å². The van der Waals surface area contributed by atoms with Crippen LogP contribution in [0.2, 0.25) is 0 Å². The molecule has 1 atom stereocenters. The molecule has 1 amide bonds. The summed E-state index contributed by atoms with van der Waals surface area (Å²) in [4.78, 5) is 12.5. The molecule has 0 heterocycles. The van der Waals surface area contributed by atoms with E-state index in [0.29, 0.717) is 19.6 Å². The molecule has 0 fully saturated rings. The second kappa shape index (κ2) is 9.27. The Hall–Kier alpha value is -3.01. The first-order valence-corrected chi connectivity index (χ1v) is 9.70. The third-order valence-corrected chi connectivity index (χ3v) is 4.83. The molecular weight excluding hydrogens is 350 g/mol. The number of hydrogen-bond donors (Lipinski definition) is 1. The van der Waals surface area contributed by atoms with Crippen LogP contribution in [-0.4, -0.2) is 25.2 Å². The van der Waals surface area contributed by atoms with E-state index < -0.39 is 6.10 Å². The van der Waals surface area contributed by atoms with Crippen molar-refractivity contribution < 1.29 is 14.3 Å².